The first-order valence-corrected chi connectivity index (χ1v) is 8.64. The van der Waals surface area contributed by atoms with E-state index >= 15 is 0 Å². The number of nitrogens with zero attached hydrogens (tertiary/aromatic N) is 2. The molecule has 1 aromatic heterocycles. The Morgan fingerprint density at radius 2 is 2.30 bits per heavy atom. The second-order valence-electron chi connectivity index (χ2n) is 7.22. The number of pyridine rings is 1. The summed E-state index contributed by atoms with van der Waals surface area (Å²) >= 11 is 0. The maximum atomic E-state index is 12.3. The van der Waals surface area contributed by atoms with E-state index in [1.807, 2.05) is 23.1 Å². The smallest absolute Gasteiger partial charge is 0.226 e. The van der Waals surface area contributed by atoms with Gasteiger partial charge in [-0.15, -0.1) is 0 Å². The molecule has 3 unspecified atom stereocenters. The Balaban J connectivity index is 1.27. The van der Waals surface area contributed by atoms with Crippen molar-refractivity contribution in [1.29, 1.82) is 0 Å². The largest absolute Gasteiger partial charge is 0.478 e. The van der Waals surface area contributed by atoms with Gasteiger partial charge in [-0.3, -0.25) is 4.79 Å². The number of rotatable bonds is 5. The molecule has 0 bridgehead atoms. The van der Waals surface area contributed by atoms with Gasteiger partial charge in [0.15, 0.2) is 0 Å². The van der Waals surface area contributed by atoms with E-state index in [0.29, 0.717) is 30.2 Å². The highest BCUT2D eigenvalue weighted by Gasteiger charge is 2.56. The fourth-order valence-electron chi connectivity index (χ4n) is 3.94. The van der Waals surface area contributed by atoms with Gasteiger partial charge in [-0.2, -0.15) is 0 Å². The quantitative estimate of drug-likeness (QED) is 0.835. The van der Waals surface area contributed by atoms with Crippen LogP contribution in [0.1, 0.15) is 26.2 Å². The summed E-state index contributed by atoms with van der Waals surface area (Å²) in [5, 5.41) is 0. The Hall–Kier alpha value is -1.62. The van der Waals surface area contributed by atoms with Crippen molar-refractivity contribution in [2.75, 3.05) is 26.3 Å². The van der Waals surface area contributed by atoms with E-state index in [1.54, 1.807) is 6.20 Å². The lowest BCUT2D eigenvalue weighted by Crippen LogP contribution is -2.66. The lowest BCUT2D eigenvalue weighted by atomic mass is 9.79. The summed E-state index contributed by atoms with van der Waals surface area (Å²) in [7, 11) is 0. The summed E-state index contributed by atoms with van der Waals surface area (Å²) < 4.78 is 11.8. The van der Waals surface area contributed by atoms with E-state index in [-0.39, 0.29) is 11.5 Å². The SMILES string of the molecule is CC1CC1C(=O)N1CC2(C1)OCCC2CCOc1ccccn1. The maximum Gasteiger partial charge on any atom is 0.226 e. The van der Waals surface area contributed by atoms with Crippen LogP contribution in [0.15, 0.2) is 24.4 Å². The minimum atomic E-state index is -0.110. The van der Waals surface area contributed by atoms with Crippen molar-refractivity contribution < 1.29 is 14.3 Å². The van der Waals surface area contributed by atoms with Crippen molar-refractivity contribution in [3.8, 4) is 5.88 Å². The minimum Gasteiger partial charge on any atom is -0.478 e. The van der Waals surface area contributed by atoms with Crippen molar-refractivity contribution in [3.63, 3.8) is 0 Å². The van der Waals surface area contributed by atoms with Crippen molar-refractivity contribution >= 4 is 5.91 Å². The van der Waals surface area contributed by atoms with Crippen LogP contribution >= 0.6 is 0 Å². The Labute approximate surface area is 137 Å². The predicted octanol–water partition coefficient (Wildman–Crippen LogP) is 2.12. The summed E-state index contributed by atoms with van der Waals surface area (Å²) in [6.45, 7) is 5.14. The number of carbonyl (C=O) groups is 1. The molecule has 3 aliphatic rings. The van der Waals surface area contributed by atoms with Gasteiger partial charge < -0.3 is 14.4 Å². The lowest BCUT2D eigenvalue weighted by molar-refractivity contribution is -0.167. The van der Waals surface area contributed by atoms with E-state index in [0.717, 1.165) is 39.0 Å². The molecule has 3 heterocycles. The number of aromatic nitrogens is 1. The molecule has 3 atom stereocenters. The Morgan fingerprint density at radius 3 is 3.00 bits per heavy atom. The van der Waals surface area contributed by atoms with Crippen LogP contribution in [0.25, 0.3) is 0 Å². The Kier molecular flexibility index (Phi) is 3.76. The van der Waals surface area contributed by atoms with Crippen molar-refractivity contribution in [1.82, 2.24) is 9.88 Å². The number of ether oxygens (including phenoxy) is 2. The molecule has 2 aliphatic heterocycles. The zero-order valence-electron chi connectivity index (χ0n) is 13.6. The van der Waals surface area contributed by atoms with E-state index in [4.69, 9.17) is 9.47 Å². The third kappa shape index (κ3) is 2.82. The second kappa shape index (κ2) is 5.78. The number of hydrogen-bond donors (Lipinski definition) is 0. The van der Waals surface area contributed by atoms with Crippen molar-refractivity contribution in [2.45, 2.75) is 31.8 Å². The van der Waals surface area contributed by atoms with Gasteiger partial charge in [0.25, 0.3) is 0 Å². The van der Waals surface area contributed by atoms with Gasteiger partial charge in [-0.25, -0.2) is 4.98 Å². The molecule has 23 heavy (non-hydrogen) atoms. The third-order valence-corrected chi connectivity index (χ3v) is 5.61. The molecule has 3 fully saturated rings. The first-order chi connectivity index (χ1) is 11.2. The van der Waals surface area contributed by atoms with Crippen LogP contribution in [0.5, 0.6) is 5.88 Å². The van der Waals surface area contributed by atoms with Gasteiger partial charge in [0, 0.05) is 24.8 Å². The average molecular weight is 316 g/mol. The highest BCUT2D eigenvalue weighted by Crippen LogP contribution is 2.45. The lowest BCUT2D eigenvalue weighted by Gasteiger charge is -2.50. The number of carbonyl (C=O) groups excluding carboxylic acids is 1. The van der Waals surface area contributed by atoms with E-state index in [2.05, 4.69) is 11.9 Å². The maximum absolute atomic E-state index is 12.3. The van der Waals surface area contributed by atoms with Crippen LogP contribution in [-0.4, -0.2) is 47.7 Å². The number of hydrogen-bond acceptors (Lipinski definition) is 4. The average Bonchev–Trinajstić information content (AvgIpc) is 3.10. The summed E-state index contributed by atoms with van der Waals surface area (Å²) in [5.74, 6) is 2.34. The molecule has 0 radical (unpaired) electrons. The monoisotopic (exact) mass is 316 g/mol. The standard InChI is InChI=1S/C18H24N2O3/c1-13-10-15(13)17(21)20-11-18(12-20)14(6-9-23-18)5-8-22-16-4-2-3-7-19-16/h2-4,7,13-15H,5-6,8-12H2,1H3. The van der Waals surface area contributed by atoms with Crippen LogP contribution in [0.2, 0.25) is 0 Å². The molecule has 1 aliphatic carbocycles. The molecule has 2 saturated heterocycles. The van der Waals surface area contributed by atoms with Crippen LogP contribution in [-0.2, 0) is 9.53 Å². The molecule has 1 saturated carbocycles. The van der Waals surface area contributed by atoms with Gasteiger partial charge in [0.1, 0.15) is 5.60 Å². The molecule has 1 spiro atoms. The topological polar surface area (TPSA) is 51.7 Å². The number of amides is 1. The van der Waals surface area contributed by atoms with Gasteiger partial charge in [0.05, 0.1) is 19.7 Å². The fourth-order valence-corrected chi connectivity index (χ4v) is 3.94. The van der Waals surface area contributed by atoms with Crippen LogP contribution in [0, 0.1) is 17.8 Å². The summed E-state index contributed by atoms with van der Waals surface area (Å²) in [6.07, 6.45) is 4.82. The normalized spacial score (nSPS) is 31.0. The van der Waals surface area contributed by atoms with Gasteiger partial charge in [0.2, 0.25) is 11.8 Å². The summed E-state index contributed by atoms with van der Waals surface area (Å²) in [6, 6.07) is 5.69. The Morgan fingerprint density at radius 1 is 1.48 bits per heavy atom. The first-order valence-electron chi connectivity index (χ1n) is 8.64. The third-order valence-electron chi connectivity index (χ3n) is 5.61. The van der Waals surface area contributed by atoms with E-state index in [1.165, 1.54) is 0 Å². The van der Waals surface area contributed by atoms with E-state index in [9.17, 15) is 4.79 Å². The summed E-state index contributed by atoms with van der Waals surface area (Å²) in [5.41, 5.74) is -0.110. The fraction of sp³-hybridized carbons (Fsp3) is 0.667. The molecule has 1 aromatic rings. The molecule has 1 amide bonds. The van der Waals surface area contributed by atoms with Crippen molar-refractivity contribution in [2.24, 2.45) is 17.8 Å². The van der Waals surface area contributed by atoms with Crippen LogP contribution < -0.4 is 4.74 Å². The Bertz CT molecular complexity index is 571. The van der Waals surface area contributed by atoms with Gasteiger partial charge in [-0.1, -0.05) is 13.0 Å². The number of likely N-dealkylation sites (tertiary alicyclic amines) is 1. The van der Waals surface area contributed by atoms with Gasteiger partial charge >= 0.3 is 0 Å². The zero-order valence-corrected chi connectivity index (χ0v) is 13.6. The van der Waals surface area contributed by atoms with Crippen LogP contribution in [0.3, 0.4) is 0 Å². The molecule has 124 valence electrons. The molecule has 4 rings (SSSR count). The molecule has 0 N–H and O–H groups in total. The highest BCUT2D eigenvalue weighted by molar-refractivity contribution is 5.82. The summed E-state index contributed by atoms with van der Waals surface area (Å²) in [4.78, 5) is 18.4. The predicted molar refractivity (Wildman–Crippen MR) is 85.0 cm³/mol. The van der Waals surface area contributed by atoms with Gasteiger partial charge in [-0.05, 0) is 37.2 Å². The zero-order chi connectivity index (χ0) is 15.9. The van der Waals surface area contributed by atoms with Crippen molar-refractivity contribution in [3.05, 3.63) is 24.4 Å². The molecule has 5 heteroatoms. The molecular formula is C18H24N2O3. The molecule has 0 aromatic carbocycles. The molecule has 5 nitrogen and oxygen atoms in total. The highest BCUT2D eigenvalue weighted by atomic mass is 16.5. The first kappa shape index (κ1) is 14.9. The minimum absolute atomic E-state index is 0.110. The second-order valence-corrected chi connectivity index (χ2v) is 7.22. The van der Waals surface area contributed by atoms with Crippen LogP contribution in [0.4, 0.5) is 0 Å². The molecular weight excluding hydrogens is 292 g/mol. The van der Waals surface area contributed by atoms with E-state index < -0.39 is 0 Å².